The number of epoxide rings is 2. The molecule has 6 heteroatoms. The van der Waals surface area contributed by atoms with E-state index in [0.29, 0.717) is 68.1 Å². The number of fused-ring (bicyclic) bond motifs is 2. The molecule has 5 fully saturated rings. The highest BCUT2D eigenvalue weighted by Crippen LogP contribution is 2.40. The predicted octanol–water partition coefficient (Wildman–Crippen LogP) is 3.99. The molecule has 0 radical (unpaired) electrons. The summed E-state index contributed by atoms with van der Waals surface area (Å²) >= 11 is 0. The van der Waals surface area contributed by atoms with Crippen LogP contribution >= 0.6 is 0 Å². The van der Waals surface area contributed by atoms with Gasteiger partial charge >= 0.3 is 0 Å². The Balaban J connectivity index is 1.05. The van der Waals surface area contributed by atoms with Crippen molar-refractivity contribution in [2.75, 3.05) is 46.2 Å². The molecule has 0 aromatic carbocycles. The SMILES string of the molecule is CC1CCC(COCC(C)(COCC2CCC3OC3C2)COCC2CCC3OC3C2)CO1. The molecule has 3 aliphatic heterocycles. The summed E-state index contributed by atoms with van der Waals surface area (Å²) in [6.45, 7) is 9.73. The molecule has 0 aromatic rings. The summed E-state index contributed by atoms with van der Waals surface area (Å²) in [7, 11) is 0. The van der Waals surface area contributed by atoms with E-state index in [1.807, 2.05) is 0 Å². The van der Waals surface area contributed by atoms with E-state index in [0.717, 1.165) is 32.8 Å². The fourth-order valence-electron chi connectivity index (χ4n) is 5.89. The van der Waals surface area contributed by atoms with Gasteiger partial charge in [-0.15, -0.1) is 0 Å². The van der Waals surface area contributed by atoms with Gasteiger partial charge in [0.1, 0.15) is 0 Å². The molecule has 32 heavy (non-hydrogen) atoms. The third kappa shape index (κ3) is 6.67. The molecule has 0 bridgehead atoms. The number of ether oxygens (including phenoxy) is 6. The van der Waals surface area contributed by atoms with Gasteiger partial charge in [0, 0.05) is 24.5 Å². The second-order valence-corrected chi connectivity index (χ2v) is 11.7. The molecule has 8 unspecified atom stereocenters. The first-order valence-corrected chi connectivity index (χ1v) is 13.2. The third-order valence-electron chi connectivity index (χ3n) is 8.24. The molecule has 3 heterocycles. The van der Waals surface area contributed by atoms with E-state index in [4.69, 9.17) is 28.4 Å². The Bertz CT molecular complexity index is 557. The van der Waals surface area contributed by atoms with Crippen molar-refractivity contribution in [3.8, 4) is 0 Å². The van der Waals surface area contributed by atoms with Crippen LogP contribution in [0.25, 0.3) is 0 Å². The summed E-state index contributed by atoms with van der Waals surface area (Å²) in [5.41, 5.74) is -0.122. The molecule has 5 aliphatic rings. The van der Waals surface area contributed by atoms with Gasteiger partial charge in [-0.05, 0) is 70.1 Å². The first kappa shape index (κ1) is 23.5. The van der Waals surface area contributed by atoms with Crippen LogP contribution in [0.1, 0.15) is 65.2 Å². The van der Waals surface area contributed by atoms with Crippen LogP contribution in [0.2, 0.25) is 0 Å². The maximum absolute atomic E-state index is 6.27. The van der Waals surface area contributed by atoms with Gasteiger partial charge in [0.15, 0.2) is 0 Å². The second kappa shape index (κ2) is 10.6. The number of rotatable bonds is 12. The van der Waals surface area contributed by atoms with Crippen molar-refractivity contribution in [2.24, 2.45) is 23.2 Å². The average Bonchev–Trinajstić information content (AvgIpc) is 3.69. The molecule has 0 spiro atoms. The molecule has 184 valence electrons. The molecule has 0 amide bonds. The van der Waals surface area contributed by atoms with Crippen molar-refractivity contribution in [1.29, 1.82) is 0 Å². The van der Waals surface area contributed by atoms with Crippen molar-refractivity contribution in [3.63, 3.8) is 0 Å². The van der Waals surface area contributed by atoms with Crippen LogP contribution in [0.15, 0.2) is 0 Å². The van der Waals surface area contributed by atoms with Crippen LogP contribution in [0.4, 0.5) is 0 Å². The molecular weight excluding hydrogens is 408 g/mol. The minimum absolute atomic E-state index is 0.122. The Labute approximate surface area is 194 Å². The van der Waals surface area contributed by atoms with Crippen molar-refractivity contribution < 1.29 is 28.4 Å². The van der Waals surface area contributed by atoms with Gasteiger partial charge in [-0.2, -0.15) is 0 Å². The van der Waals surface area contributed by atoms with Crippen LogP contribution in [-0.2, 0) is 28.4 Å². The maximum Gasteiger partial charge on any atom is 0.0845 e. The monoisotopic (exact) mass is 452 g/mol. The molecule has 3 saturated heterocycles. The zero-order valence-corrected chi connectivity index (χ0v) is 20.2. The van der Waals surface area contributed by atoms with E-state index in [2.05, 4.69) is 13.8 Å². The van der Waals surface area contributed by atoms with Gasteiger partial charge in [0.2, 0.25) is 0 Å². The molecule has 6 nitrogen and oxygen atoms in total. The fraction of sp³-hybridized carbons (Fsp3) is 1.00. The minimum Gasteiger partial charge on any atom is -0.380 e. The zero-order chi connectivity index (χ0) is 22.0. The van der Waals surface area contributed by atoms with E-state index >= 15 is 0 Å². The summed E-state index contributed by atoms with van der Waals surface area (Å²) in [4.78, 5) is 0. The lowest BCUT2D eigenvalue weighted by atomic mass is 9.89. The lowest BCUT2D eigenvalue weighted by Gasteiger charge is -2.32. The van der Waals surface area contributed by atoms with Crippen LogP contribution < -0.4 is 0 Å². The Morgan fingerprint density at radius 3 is 1.62 bits per heavy atom. The molecular formula is C26H44O6. The highest BCUT2D eigenvalue weighted by Gasteiger charge is 2.45. The summed E-state index contributed by atoms with van der Waals surface area (Å²) in [5, 5.41) is 0. The van der Waals surface area contributed by atoms with E-state index in [-0.39, 0.29) is 5.41 Å². The Morgan fingerprint density at radius 1 is 0.656 bits per heavy atom. The Kier molecular flexibility index (Phi) is 7.76. The van der Waals surface area contributed by atoms with Gasteiger partial charge < -0.3 is 28.4 Å². The summed E-state index contributed by atoms with van der Waals surface area (Å²) in [5.74, 6) is 1.79. The highest BCUT2D eigenvalue weighted by atomic mass is 16.6. The topological polar surface area (TPSA) is 62.0 Å². The standard InChI is InChI=1S/C26H44O6/c1-18-3-4-21(14-30-18)13-29-17-26(2,15-27-11-19-5-7-22-24(9-19)31-22)16-28-12-20-6-8-23-25(10-20)32-23/h18-25H,3-17H2,1-2H3. The number of hydrogen-bond donors (Lipinski definition) is 0. The Hall–Kier alpha value is -0.240. The van der Waals surface area contributed by atoms with Crippen molar-refractivity contribution >= 4 is 0 Å². The van der Waals surface area contributed by atoms with Crippen molar-refractivity contribution in [3.05, 3.63) is 0 Å². The van der Waals surface area contributed by atoms with Crippen LogP contribution in [0.5, 0.6) is 0 Å². The van der Waals surface area contributed by atoms with Crippen LogP contribution in [-0.4, -0.2) is 76.8 Å². The summed E-state index contributed by atoms with van der Waals surface area (Å²) < 4.78 is 35.9. The summed E-state index contributed by atoms with van der Waals surface area (Å²) in [6.07, 6.45) is 12.1. The fourth-order valence-corrected chi connectivity index (χ4v) is 5.89. The highest BCUT2D eigenvalue weighted by molar-refractivity contribution is 4.92. The van der Waals surface area contributed by atoms with Gasteiger partial charge in [-0.25, -0.2) is 0 Å². The van der Waals surface area contributed by atoms with Gasteiger partial charge in [-0.1, -0.05) is 6.92 Å². The third-order valence-corrected chi connectivity index (χ3v) is 8.24. The van der Waals surface area contributed by atoms with E-state index in [1.165, 1.54) is 44.9 Å². The molecule has 8 atom stereocenters. The first-order chi connectivity index (χ1) is 15.6. The van der Waals surface area contributed by atoms with E-state index < -0.39 is 0 Å². The molecule has 0 N–H and O–H groups in total. The quantitative estimate of drug-likeness (QED) is 0.417. The largest absolute Gasteiger partial charge is 0.380 e. The van der Waals surface area contributed by atoms with E-state index in [9.17, 15) is 0 Å². The normalized spacial score (nSPS) is 42.6. The molecule has 0 aromatic heterocycles. The van der Waals surface area contributed by atoms with Crippen molar-refractivity contribution in [1.82, 2.24) is 0 Å². The van der Waals surface area contributed by atoms with Crippen LogP contribution in [0, 0.1) is 23.2 Å². The minimum atomic E-state index is -0.122. The molecule has 2 aliphatic carbocycles. The molecule has 2 saturated carbocycles. The predicted molar refractivity (Wildman–Crippen MR) is 121 cm³/mol. The van der Waals surface area contributed by atoms with Crippen LogP contribution in [0.3, 0.4) is 0 Å². The van der Waals surface area contributed by atoms with E-state index in [1.54, 1.807) is 0 Å². The lowest BCUT2D eigenvalue weighted by molar-refractivity contribution is -0.0881. The average molecular weight is 453 g/mol. The summed E-state index contributed by atoms with van der Waals surface area (Å²) in [6, 6.07) is 0. The zero-order valence-electron chi connectivity index (χ0n) is 20.2. The Morgan fingerprint density at radius 2 is 1.16 bits per heavy atom. The van der Waals surface area contributed by atoms with Gasteiger partial charge in [-0.3, -0.25) is 0 Å². The lowest BCUT2D eigenvalue weighted by Crippen LogP contribution is -2.37. The number of hydrogen-bond acceptors (Lipinski definition) is 6. The van der Waals surface area contributed by atoms with Gasteiger partial charge in [0.05, 0.1) is 63.6 Å². The van der Waals surface area contributed by atoms with Crippen molar-refractivity contribution in [2.45, 2.75) is 95.7 Å². The maximum atomic E-state index is 6.27. The smallest absolute Gasteiger partial charge is 0.0845 e. The van der Waals surface area contributed by atoms with Gasteiger partial charge in [0.25, 0.3) is 0 Å². The molecule has 5 rings (SSSR count). The second-order valence-electron chi connectivity index (χ2n) is 11.7. The first-order valence-electron chi connectivity index (χ1n) is 13.2.